The Hall–Kier alpha value is -2.40. The Balaban J connectivity index is 1.68. The van der Waals surface area contributed by atoms with E-state index in [0.717, 1.165) is 12.1 Å². The van der Waals surface area contributed by atoms with Crippen molar-refractivity contribution >= 4 is 15.9 Å². The first kappa shape index (κ1) is 21.9. The summed E-state index contributed by atoms with van der Waals surface area (Å²) >= 11 is 0. The van der Waals surface area contributed by atoms with Crippen molar-refractivity contribution in [1.82, 2.24) is 20.2 Å². The van der Waals surface area contributed by atoms with Crippen LogP contribution in [-0.2, 0) is 21.2 Å². The number of hydrogen-bond acceptors (Lipinski definition) is 6. The fraction of sp³-hybridized carbons (Fsp3) is 0.471. The number of halogens is 2. The standard InChI is InChI=1S/C17H22F2N4O4S/c1-11(2)17-22-16(27-23-17)4-3-8-20-15(24)7-9-21-28(25,26)12-5-6-13(18)14(19)10-12/h5-6,10-11,21H,3-4,7-9H2,1-2H3,(H,20,24). The van der Waals surface area contributed by atoms with Crippen molar-refractivity contribution < 1.29 is 26.5 Å². The topological polar surface area (TPSA) is 114 Å². The number of carbonyl (C=O) groups is 1. The Morgan fingerprint density at radius 1 is 1.21 bits per heavy atom. The molecule has 0 radical (unpaired) electrons. The summed E-state index contributed by atoms with van der Waals surface area (Å²) in [4.78, 5) is 15.6. The second-order valence-corrected chi connectivity index (χ2v) is 8.15. The van der Waals surface area contributed by atoms with Crippen LogP contribution in [0.4, 0.5) is 8.78 Å². The molecule has 0 saturated heterocycles. The summed E-state index contributed by atoms with van der Waals surface area (Å²) in [5.41, 5.74) is 0. The summed E-state index contributed by atoms with van der Waals surface area (Å²) in [5, 5.41) is 6.50. The molecule has 0 saturated carbocycles. The third kappa shape index (κ3) is 6.34. The zero-order chi connectivity index (χ0) is 20.7. The van der Waals surface area contributed by atoms with Crippen LogP contribution >= 0.6 is 0 Å². The van der Waals surface area contributed by atoms with E-state index in [0.29, 0.717) is 37.2 Å². The van der Waals surface area contributed by atoms with Gasteiger partial charge in [-0.25, -0.2) is 21.9 Å². The van der Waals surface area contributed by atoms with Gasteiger partial charge in [-0.1, -0.05) is 19.0 Å². The molecule has 11 heteroatoms. The molecule has 0 aliphatic heterocycles. The fourth-order valence-corrected chi connectivity index (χ4v) is 3.23. The second-order valence-electron chi connectivity index (χ2n) is 6.38. The lowest BCUT2D eigenvalue weighted by atomic mass is 10.2. The summed E-state index contributed by atoms with van der Waals surface area (Å²) in [6, 6.07) is 2.26. The molecule has 0 bridgehead atoms. The number of nitrogens with zero attached hydrogens (tertiary/aromatic N) is 2. The average molecular weight is 416 g/mol. The molecular weight excluding hydrogens is 394 g/mol. The van der Waals surface area contributed by atoms with Gasteiger partial charge < -0.3 is 9.84 Å². The zero-order valence-corrected chi connectivity index (χ0v) is 16.4. The first-order chi connectivity index (χ1) is 13.2. The van der Waals surface area contributed by atoms with Gasteiger partial charge in [0.1, 0.15) is 0 Å². The van der Waals surface area contributed by atoms with Crippen molar-refractivity contribution in [3.05, 3.63) is 41.5 Å². The molecule has 0 fully saturated rings. The molecule has 1 heterocycles. The highest BCUT2D eigenvalue weighted by Crippen LogP contribution is 2.13. The number of aryl methyl sites for hydroxylation is 1. The quantitative estimate of drug-likeness (QED) is 0.572. The first-order valence-corrected chi connectivity index (χ1v) is 10.2. The summed E-state index contributed by atoms with van der Waals surface area (Å²) < 4.78 is 57.3. The van der Waals surface area contributed by atoms with Gasteiger partial charge in [0.2, 0.25) is 21.8 Å². The van der Waals surface area contributed by atoms with E-state index in [1.807, 2.05) is 13.8 Å². The van der Waals surface area contributed by atoms with Crippen LogP contribution in [0.15, 0.2) is 27.6 Å². The normalized spacial score (nSPS) is 11.8. The molecule has 1 amide bonds. The molecule has 1 aromatic carbocycles. The van der Waals surface area contributed by atoms with Crippen LogP contribution in [0, 0.1) is 11.6 Å². The molecule has 2 aromatic rings. The third-order valence-corrected chi connectivity index (χ3v) is 5.19. The molecule has 0 aliphatic carbocycles. The second kappa shape index (κ2) is 9.69. The predicted octanol–water partition coefficient (Wildman–Crippen LogP) is 1.89. The van der Waals surface area contributed by atoms with Gasteiger partial charge in [0.05, 0.1) is 4.90 Å². The molecule has 0 atom stereocenters. The lowest BCUT2D eigenvalue weighted by Gasteiger charge is -2.08. The van der Waals surface area contributed by atoms with Gasteiger partial charge in [-0.15, -0.1) is 0 Å². The number of sulfonamides is 1. The number of amides is 1. The SMILES string of the molecule is CC(C)c1noc(CCCNC(=O)CCNS(=O)(=O)c2ccc(F)c(F)c2)n1. The Morgan fingerprint density at radius 3 is 2.61 bits per heavy atom. The minimum absolute atomic E-state index is 0.0963. The van der Waals surface area contributed by atoms with E-state index < -0.39 is 26.6 Å². The molecular formula is C17H22F2N4O4S. The lowest BCUT2D eigenvalue weighted by molar-refractivity contribution is -0.120. The molecule has 8 nitrogen and oxygen atoms in total. The van der Waals surface area contributed by atoms with Crippen LogP contribution < -0.4 is 10.0 Å². The van der Waals surface area contributed by atoms with Crippen LogP contribution in [-0.4, -0.2) is 37.6 Å². The summed E-state index contributed by atoms with van der Waals surface area (Å²) in [5.74, 6) is -1.44. The molecule has 1 aromatic heterocycles. The van der Waals surface area contributed by atoms with Crippen molar-refractivity contribution in [3.8, 4) is 0 Å². The minimum atomic E-state index is -4.03. The Morgan fingerprint density at radius 2 is 1.96 bits per heavy atom. The van der Waals surface area contributed by atoms with Gasteiger partial charge in [0, 0.05) is 31.8 Å². The zero-order valence-electron chi connectivity index (χ0n) is 15.5. The summed E-state index contributed by atoms with van der Waals surface area (Å²) in [6.07, 6.45) is 1.01. The van der Waals surface area contributed by atoms with Gasteiger partial charge in [0.25, 0.3) is 0 Å². The molecule has 2 N–H and O–H groups in total. The fourth-order valence-electron chi connectivity index (χ4n) is 2.19. The highest BCUT2D eigenvalue weighted by molar-refractivity contribution is 7.89. The lowest BCUT2D eigenvalue weighted by Crippen LogP contribution is -2.31. The van der Waals surface area contributed by atoms with E-state index in [4.69, 9.17) is 4.52 Å². The molecule has 2 rings (SSSR count). The van der Waals surface area contributed by atoms with Crippen molar-refractivity contribution in [1.29, 1.82) is 0 Å². The van der Waals surface area contributed by atoms with Crippen molar-refractivity contribution in [2.45, 2.75) is 43.9 Å². The van der Waals surface area contributed by atoms with Crippen LogP contribution in [0.2, 0.25) is 0 Å². The molecule has 28 heavy (non-hydrogen) atoms. The predicted molar refractivity (Wildman–Crippen MR) is 95.9 cm³/mol. The third-order valence-electron chi connectivity index (χ3n) is 3.74. The average Bonchev–Trinajstić information content (AvgIpc) is 3.10. The summed E-state index contributed by atoms with van der Waals surface area (Å²) in [7, 11) is -4.03. The molecule has 0 spiro atoms. The van der Waals surface area contributed by atoms with E-state index in [2.05, 4.69) is 20.2 Å². The van der Waals surface area contributed by atoms with Crippen molar-refractivity contribution in [2.75, 3.05) is 13.1 Å². The van der Waals surface area contributed by atoms with Crippen LogP contribution in [0.3, 0.4) is 0 Å². The Bertz CT molecular complexity index is 916. The van der Waals surface area contributed by atoms with Gasteiger partial charge in [0.15, 0.2) is 17.5 Å². The number of rotatable bonds is 10. The first-order valence-electron chi connectivity index (χ1n) is 8.73. The number of benzene rings is 1. The largest absolute Gasteiger partial charge is 0.356 e. The van der Waals surface area contributed by atoms with Crippen LogP contribution in [0.1, 0.15) is 44.3 Å². The van der Waals surface area contributed by atoms with Gasteiger partial charge in [-0.3, -0.25) is 4.79 Å². The van der Waals surface area contributed by atoms with E-state index in [9.17, 15) is 22.0 Å². The van der Waals surface area contributed by atoms with Gasteiger partial charge in [-0.05, 0) is 24.6 Å². The molecule has 0 aliphatic rings. The molecule has 0 unspecified atom stereocenters. The maximum atomic E-state index is 13.1. The Kier molecular flexibility index (Phi) is 7.58. The van der Waals surface area contributed by atoms with E-state index in [-0.39, 0.29) is 24.8 Å². The maximum Gasteiger partial charge on any atom is 0.240 e. The van der Waals surface area contributed by atoms with Gasteiger partial charge >= 0.3 is 0 Å². The number of carbonyl (C=O) groups excluding carboxylic acids is 1. The summed E-state index contributed by atoms with van der Waals surface area (Å²) in [6.45, 7) is 4.11. The Labute approximate surface area is 161 Å². The van der Waals surface area contributed by atoms with Crippen molar-refractivity contribution in [3.63, 3.8) is 0 Å². The van der Waals surface area contributed by atoms with Crippen LogP contribution in [0.25, 0.3) is 0 Å². The number of nitrogens with one attached hydrogen (secondary N) is 2. The van der Waals surface area contributed by atoms with Crippen LogP contribution in [0.5, 0.6) is 0 Å². The monoisotopic (exact) mass is 416 g/mol. The van der Waals surface area contributed by atoms with Gasteiger partial charge in [-0.2, -0.15) is 4.98 Å². The van der Waals surface area contributed by atoms with E-state index in [1.165, 1.54) is 0 Å². The number of aromatic nitrogens is 2. The smallest absolute Gasteiger partial charge is 0.240 e. The minimum Gasteiger partial charge on any atom is -0.356 e. The highest BCUT2D eigenvalue weighted by Gasteiger charge is 2.16. The van der Waals surface area contributed by atoms with E-state index >= 15 is 0 Å². The highest BCUT2D eigenvalue weighted by atomic mass is 32.2. The van der Waals surface area contributed by atoms with E-state index in [1.54, 1.807) is 0 Å². The van der Waals surface area contributed by atoms with Crippen molar-refractivity contribution in [2.24, 2.45) is 0 Å². The molecule has 154 valence electrons. The number of hydrogen-bond donors (Lipinski definition) is 2. The maximum absolute atomic E-state index is 13.1.